The lowest BCUT2D eigenvalue weighted by Crippen LogP contribution is -2.28. The maximum absolute atomic E-state index is 12.4. The average molecular weight is 376 g/mol. The molecule has 7 heteroatoms. The number of amides is 1. The highest BCUT2D eigenvalue weighted by molar-refractivity contribution is 7.92. The zero-order valence-electron chi connectivity index (χ0n) is 15.4. The fraction of sp³-hybridized carbons (Fsp3) is 0.316. The third-order valence-corrected chi connectivity index (χ3v) is 6.01. The largest absolute Gasteiger partial charge is 0.497 e. The Morgan fingerprint density at radius 2 is 1.69 bits per heavy atom. The molecule has 0 radical (unpaired) electrons. The number of rotatable bonds is 7. The standard InChI is InChI=1S/C19H24N2O4S/c1-5-26(23,24)21(3)17-10-6-16(7-11-17)19(22)20-14(2)15-8-12-18(25-4)13-9-15/h6-14H,5H2,1-4H3,(H,20,22)/t14-/m1/s1. The lowest BCUT2D eigenvalue weighted by atomic mass is 10.1. The van der Waals surface area contributed by atoms with Crippen LogP contribution in [0.3, 0.4) is 0 Å². The van der Waals surface area contributed by atoms with Crippen LogP contribution in [-0.4, -0.2) is 34.2 Å². The summed E-state index contributed by atoms with van der Waals surface area (Å²) < 4.78 is 30.2. The van der Waals surface area contributed by atoms with Crippen LogP contribution in [0.15, 0.2) is 48.5 Å². The Morgan fingerprint density at radius 1 is 1.12 bits per heavy atom. The molecule has 0 aromatic heterocycles. The van der Waals surface area contributed by atoms with Crippen molar-refractivity contribution in [2.45, 2.75) is 19.9 Å². The summed E-state index contributed by atoms with van der Waals surface area (Å²) in [5.74, 6) is 0.556. The van der Waals surface area contributed by atoms with Crippen LogP contribution in [-0.2, 0) is 10.0 Å². The van der Waals surface area contributed by atoms with Crippen molar-refractivity contribution in [3.8, 4) is 5.75 Å². The van der Waals surface area contributed by atoms with E-state index < -0.39 is 10.0 Å². The van der Waals surface area contributed by atoms with Gasteiger partial charge in [-0.2, -0.15) is 0 Å². The van der Waals surface area contributed by atoms with Gasteiger partial charge in [0.05, 0.1) is 24.6 Å². The third kappa shape index (κ3) is 4.54. The monoisotopic (exact) mass is 376 g/mol. The summed E-state index contributed by atoms with van der Waals surface area (Å²) in [4.78, 5) is 12.4. The molecule has 1 N–H and O–H groups in total. The van der Waals surface area contributed by atoms with E-state index >= 15 is 0 Å². The molecule has 2 rings (SSSR count). The SMILES string of the molecule is CCS(=O)(=O)N(C)c1ccc(C(=O)N[C@H](C)c2ccc(OC)cc2)cc1. The fourth-order valence-electron chi connectivity index (χ4n) is 2.43. The Bertz CT molecular complexity index is 846. The first-order valence-corrected chi connectivity index (χ1v) is 9.91. The lowest BCUT2D eigenvalue weighted by molar-refractivity contribution is 0.0940. The Balaban J connectivity index is 2.07. The van der Waals surface area contributed by atoms with Crippen LogP contribution in [0.5, 0.6) is 5.75 Å². The zero-order valence-corrected chi connectivity index (χ0v) is 16.2. The van der Waals surface area contributed by atoms with E-state index in [4.69, 9.17) is 4.74 Å². The normalized spacial score (nSPS) is 12.3. The van der Waals surface area contributed by atoms with Gasteiger partial charge in [-0.1, -0.05) is 12.1 Å². The summed E-state index contributed by atoms with van der Waals surface area (Å²) in [6.45, 7) is 3.49. The van der Waals surface area contributed by atoms with Crippen molar-refractivity contribution in [3.63, 3.8) is 0 Å². The second-order valence-electron chi connectivity index (χ2n) is 5.88. The van der Waals surface area contributed by atoms with Crippen LogP contribution in [0.25, 0.3) is 0 Å². The predicted molar refractivity (Wildman–Crippen MR) is 103 cm³/mol. The smallest absolute Gasteiger partial charge is 0.251 e. The Hall–Kier alpha value is -2.54. The van der Waals surface area contributed by atoms with E-state index in [1.165, 1.54) is 11.4 Å². The molecule has 1 amide bonds. The molecule has 0 spiro atoms. The lowest BCUT2D eigenvalue weighted by Gasteiger charge is -2.19. The van der Waals surface area contributed by atoms with Crippen LogP contribution in [0.1, 0.15) is 35.8 Å². The third-order valence-electron chi connectivity index (χ3n) is 4.24. The van der Waals surface area contributed by atoms with E-state index in [2.05, 4.69) is 5.32 Å². The first kappa shape index (κ1) is 19.8. The summed E-state index contributed by atoms with van der Waals surface area (Å²) in [5, 5.41) is 2.93. The van der Waals surface area contributed by atoms with Gasteiger partial charge in [-0.15, -0.1) is 0 Å². The molecule has 0 bridgehead atoms. The van der Waals surface area contributed by atoms with Gasteiger partial charge in [-0.25, -0.2) is 8.42 Å². The van der Waals surface area contributed by atoms with Crippen molar-refractivity contribution >= 4 is 21.6 Å². The molecule has 1 atom stereocenters. The molecule has 2 aromatic rings. The first-order chi connectivity index (χ1) is 12.3. The minimum atomic E-state index is -3.32. The quantitative estimate of drug-likeness (QED) is 0.806. The van der Waals surface area contributed by atoms with Crippen molar-refractivity contribution in [2.75, 3.05) is 24.2 Å². The van der Waals surface area contributed by atoms with Gasteiger partial charge in [0.1, 0.15) is 5.75 Å². The topological polar surface area (TPSA) is 75.7 Å². The molecule has 0 fully saturated rings. The highest BCUT2D eigenvalue weighted by Gasteiger charge is 2.17. The molecule has 0 saturated heterocycles. The van der Waals surface area contributed by atoms with E-state index in [1.807, 2.05) is 31.2 Å². The molecule has 140 valence electrons. The van der Waals surface area contributed by atoms with Gasteiger partial charge in [-0.3, -0.25) is 9.10 Å². The fourth-order valence-corrected chi connectivity index (χ4v) is 3.26. The molecular weight excluding hydrogens is 352 g/mol. The molecular formula is C19H24N2O4S. The Kier molecular flexibility index (Phi) is 6.26. The Labute approximate surface area is 154 Å². The second-order valence-corrected chi connectivity index (χ2v) is 8.17. The maximum Gasteiger partial charge on any atom is 0.251 e. The number of hydrogen-bond donors (Lipinski definition) is 1. The van der Waals surface area contributed by atoms with Crippen molar-refractivity contribution in [3.05, 3.63) is 59.7 Å². The van der Waals surface area contributed by atoms with Gasteiger partial charge in [0, 0.05) is 12.6 Å². The molecule has 0 aliphatic carbocycles. The van der Waals surface area contributed by atoms with Crippen molar-refractivity contribution < 1.29 is 17.9 Å². The van der Waals surface area contributed by atoms with Crippen molar-refractivity contribution in [2.24, 2.45) is 0 Å². The minimum absolute atomic E-state index is 0.0190. The zero-order chi connectivity index (χ0) is 19.3. The molecule has 0 aliphatic rings. The Morgan fingerprint density at radius 3 is 2.19 bits per heavy atom. The average Bonchev–Trinajstić information content (AvgIpc) is 2.67. The van der Waals surface area contributed by atoms with E-state index in [0.29, 0.717) is 11.3 Å². The summed E-state index contributed by atoms with van der Waals surface area (Å²) in [6, 6.07) is 13.8. The number of carbonyl (C=O) groups is 1. The summed E-state index contributed by atoms with van der Waals surface area (Å²) in [5.41, 5.74) is 1.95. The molecule has 0 aliphatic heterocycles. The minimum Gasteiger partial charge on any atom is -0.497 e. The van der Waals surface area contributed by atoms with Crippen LogP contribution in [0.4, 0.5) is 5.69 Å². The van der Waals surface area contributed by atoms with Gasteiger partial charge in [0.15, 0.2) is 0 Å². The highest BCUT2D eigenvalue weighted by atomic mass is 32.2. The molecule has 0 unspecified atom stereocenters. The highest BCUT2D eigenvalue weighted by Crippen LogP contribution is 2.20. The number of hydrogen-bond acceptors (Lipinski definition) is 4. The summed E-state index contributed by atoms with van der Waals surface area (Å²) >= 11 is 0. The van der Waals surface area contributed by atoms with Crippen molar-refractivity contribution in [1.82, 2.24) is 5.32 Å². The van der Waals surface area contributed by atoms with Gasteiger partial charge in [-0.05, 0) is 55.8 Å². The van der Waals surface area contributed by atoms with Crippen LogP contribution < -0.4 is 14.4 Å². The van der Waals surface area contributed by atoms with Gasteiger partial charge < -0.3 is 10.1 Å². The number of benzene rings is 2. The van der Waals surface area contributed by atoms with Crippen LogP contribution in [0.2, 0.25) is 0 Å². The number of nitrogens with one attached hydrogen (secondary N) is 1. The summed E-state index contributed by atoms with van der Waals surface area (Å²) in [6.07, 6.45) is 0. The molecule has 0 heterocycles. The molecule has 6 nitrogen and oxygen atoms in total. The number of ether oxygens (including phenoxy) is 1. The second kappa shape index (κ2) is 8.23. The predicted octanol–water partition coefficient (Wildman–Crippen LogP) is 2.97. The maximum atomic E-state index is 12.4. The molecule has 0 saturated carbocycles. The molecule has 2 aromatic carbocycles. The van der Waals surface area contributed by atoms with Gasteiger partial charge in [0.2, 0.25) is 10.0 Å². The van der Waals surface area contributed by atoms with E-state index in [-0.39, 0.29) is 17.7 Å². The summed E-state index contributed by atoms with van der Waals surface area (Å²) in [7, 11) is -0.219. The van der Waals surface area contributed by atoms with E-state index in [0.717, 1.165) is 11.3 Å². The number of anilines is 1. The van der Waals surface area contributed by atoms with E-state index in [1.54, 1.807) is 38.3 Å². The van der Waals surface area contributed by atoms with Crippen molar-refractivity contribution in [1.29, 1.82) is 0 Å². The number of sulfonamides is 1. The van der Waals surface area contributed by atoms with Crippen LogP contribution in [0, 0.1) is 0 Å². The van der Waals surface area contributed by atoms with Gasteiger partial charge >= 0.3 is 0 Å². The van der Waals surface area contributed by atoms with E-state index in [9.17, 15) is 13.2 Å². The first-order valence-electron chi connectivity index (χ1n) is 8.30. The number of carbonyl (C=O) groups excluding carboxylic acids is 1. The van der Waals surface area contributed by atoms with Gasteiger partial charge in [0.25, 0.3) is 5.91 Å². The van der Waals surface area contributed by atoms with Crippen LogP contribution >= 0.6 is 0 Å². The number of methoxy groups -OCH3 is 1. The molecule has 26 heavy (non-hydrogen) atoms. The number of nitrogens with zero attached hydrogens (tertiary/aromatic N) is 1.